The molecule has 0 spiro atoms. The number of hydrogen-bond acceptors (Lipinski definition) is 8. The lowest BCUT2D eigenvalue weighted by atomic mass is 10.1. The van der Waals surface area contributed by atoms with Gasteiger partial charge in [-0.1, -0.05) is 17.7 Å². The minimum atomic E-state index is -4.31. The van der Waals surface area contributed by atoms with E-state index >= 15 is 0 Å². The molecule has 3 aromatic rings. The molecule has 0 aliphatic rings. The van der Waals surface area contributed by atoms with Crippen LogP contribution in [-0.2, 0) is 19.1 Å². The largest absolute Gasteiger partial charge is 0.566 e. The van der Waals surface area contributed by atoms with Crippen LogP contribution >= 0.6 is 31.2 Å². The van der Waals surface area contributed by atoms with Crippen molar-refractivity contribution in [2.24, 2.45) is 0 Å². The predicted octanol–water partition coefficient (Wildman–Crippen LogP) is 2.20. The smallest absolute Gasteiger partial charge is 0.490 e. The van der Waals surface area contributed by atoms with Crippen LogP contribution in [0.25, 0.3) is 10.1 Å². The summed E-state index contributed by atoms with van der Waals surface area (Å²) in [5.74, 6) is -0.513. The van der Waals surface area contributed by atoms with Gasteiger partial charge in [0.1, 0.15) is 35.0 Å². The molecule has 0 aliphatic heterocycles. The Hall–Kier alpha value is -2.20. The van der Waals surface area contributed by atoms with E-state index in [1.807, 2.05) is 0 Å². The third-order valence-electron chi connectivity index (χ3n) is 4.07. The minimum absolute atomic E-state index is 0.146. The number of ether oxygens (including phenoxy) is 1. The molecule has 0 radical (unpaired) electrons. The van der Waals surface area contributed by atoms with Gasteiger partial charge < -0.3 is 15.4 Å². The van der Waals surface area contributed by atoms with Crippen LogP contribution in [0, 0.1) is 17.1 Å². The molecular formula is C18H15ClFN3O6PS2+. The first-order chi connectivity index (χ1) is 15.1. The zero-order valence-corrected chi connectivity index (χ0v) is 19.4. The van der Waals surface area contributed by atoms with Crippen molar-refractivity contribution in [2.75, 3.05) is 13.2 Å². The Bertz CT molecular complexity index is 1330. The second-order valence-electron chi connectivity index (χ2n) is 6.27. The van der Waals surface area contributed by atoms with Crippen LogP contribution in [0.15, 0.2) is 40.6 Å². The fourth-order valence-corrected chi connectivity index (χ4v) is 5.91. The zero-order valence-electron chi connectivity index (χ0n) is 16.1. The van der Waals surface area contributed by atoms with Gasteiger partial charge in [0.05, 0.1) is 15.3 Å². The fraction of sp³-hybridized carbons (Fsp3) is 0.167. The summed E-state index contributed by atoms with van der Waals surface area (Å²) in [7, 11) is -7.81. The molecule has 9 nitrogen and oxygen atoms in total. The summed E-state index contributed by atoms with van der Waals surface area (Å²) in [6.45, 7) is 0.883. The number of quaternary nitrogens is 1. The number of benzene rings is 2. The van der Waals surface area contributed by atoms with E-state index < -0.39 is 30.3 Å². The Morgan fingerprint density at radius 3 is 2.72 bits per heavy atom. The summed E-state index contributed by atoms with van der Waals surface area (Å²) in [5, 5.41) is 9.61. The summed E-state index contributed by atoms with van der Waals surface area (Å²) in [5.41, 5.74) is 3.23. The van der Waals surface area contributed by atoms with Crippen molar-refractivity contribution in [3.8, 4) is 11.8 Å². The van der Waals surface area contributed by atoms with Gasteiger partial charge in [-0.15, -0.1) is 15.9 Å². The van der Waals surface area contributed by atoms with Gasteiger partial charge in [-0.2, -0.15) is 9.98 Å². The minimum Gasteiger partial charge on any atom is -0.566 e. The molecule has 0 aliphatic carbocycles. The quantitative estimate of drug-likeness (QED) is 0.325. The van der Waals surface area contributed by atoms with Gasteiger partial charge in [-0.3, -0.25) is 0 Å². The molecule has 0 saturated carbocycles. The van der Waals surface area contributed by atoms with E-state index in [-0.39, 0.29) is 20.4 Å². The molecule has 0 fully saturated rings. The van der Waals surface area contributed by atoms with E-state index in [4.69, 9.17) is 21.6 Å². The van der Waals surface area contributed by atoms with Crippen molar-refractivity contribution in [2.45, 2.75) is 10.4 Å². The monoisotopic (exact) mass is 518 g/mol. The number of halogens is 2. The topological polar surface area (TPSA) is 156 Å². The highest BCUT2D eigenvalue weighted by Crippen LogP contribution is 2.38. The van der Waals surface area contributed by atoms with Crippen LogP contribution in [0.1, 0.15) is 17.4 Å². The zero-order chi connectivity index (χ0) is 23.5. The lowest BCUT2D eigenvalue weighted by Crippen LogP contribution is -2.52. The van der Waals surface area contributed by atoms with E-state index in [0.29, 0.717) is 29.0 Å². The van der Waals surface area contributed by atoms with Crippen molar-refractivity contribution >= 4 is 51.3 Å². The number of nitrogens with zero attached hydrogens (tertiary/aromatic N) is 1. The van der Waals surface area contributed by atoms with Crippen LogP contribution in [-0.4, -0.2) is 21.6 Å². The summed E-state index contributed by atoms with van der Waals surface area (Å²) >= 11 is 7.10. The van der Waals surface area contributed by atoms with Gasteiger partial charge >= 0.3 is 8.25 Å². The maximum Gasteiger partial charge on any atom is 0.490 e. The summed E-state index contributed by atoms with van der Waals surface area (Å²) in [6, 6.07) is 9.21. The van der Waals surface area contributed by atoms with Crippen LogP contribution < -0.4 is 20.1 Å². The average Bonchev–Trinajstić information content (AvgIpc) is 3.17. The molecule has 14 heteroatoms. The summed E-state index contributed by atoms with van der Waals surface area (Å²) < 4.78 is 63.5. The molecule has 0 bridgehead atoms. The van der Waals surface area contributed by atoms with Gasteiger partial charge in [0.25, 0.3) is 10.0 Å². The van der Waals surface area contributed by atoms with Crippen molar-refractivity contribution in [1.29, 1.82) is 5.26 Å². The van der Waals surface area contributed by atoms with E-state index in [1.54, 1.807) is 18.2 Å². The molecular weight excluding hydrogens is 504 g/mol. The first-order valence-corrected chi connectivity index (χ1v) is 12.6. The normalized spacial score (nSPS) is 13.0. The molecule has 2 unspecified atom stereocenters. The maximum atomic E-state index is 14.0. The Labute approximate surface area is 192 Å². The highest BCUT2D eigenvalue weighted by atomic mass is 35.5. The highest BCUT2D eigenvalue weighted by molar-refractivity contribution is 7.91. The predicted molar refractivity (Wildman–Crippen MR) is 113 cm³/mol. The van der Waals surface area contributed by atoms with Crippen LogP contribution in [0.5, 0.6) is 5.75 Å². The molecule has 1 heterocycles. The first kappa shape index (κ1) is 24.4. The van der Waals surface area contributed by atoms with Gasteiger partial charge in [-0.05, 0) is 34.2 Å². The lowest BCUT2D eigenvalue weighted by Gasteiger charge is -2.14. The number of thiophene rings is 1. The van der Waals surface area contributed by atoms with E-state index in [9.17, 15) is 22.3 Å². The second kappa shape index (κ2) is 10.2. The van der Waals surface area contributed by atoms with E-state index in [0.717, 1.165) is 23.5 Å². The number of hydrogen-bond donors (Lipinski definition) is 2. The molecule has 32 heavy (non-hydrogen) atoms. The number of fused-ring (bicyclic) bond motifs is 1. The maximum absolute atomic E-state index is 14.0. The van der Waals surface area contributed by atoms with Gasteiger partial charge in [-0.25, -0.2) is 12.8 Å². The fourth-order valence-electron chi connectivity index (χ4n) is 2.69. The van der Waals surface area contributed by atoms with Crippen molar-refractivity contribution in [3.05, 3.63) is 58.4 Å². The first-order valence-electron chi connectivity index (χ1n) is 8.83. The highest BCUT2D eigenvalue weighted by Gasteiger charge is 2.29. The van der Waals surface area contributed by atoms with Crippen molar-refractivity contribution < 1.29 is 37.3 Å². The van der Waals surface area contributed by atoms with Gasteiger partial charge in [0, 0.05) is 11.6 Å². The average molecular weight is 519 g/mol. The Kier molecular flexibility index (Phi) is 7.76. The second-order valence-corrected chi connectivity index (χ2v) is 10.3. The lowest BCUT2D eigenvalue weighted by molar-refractivity contribution is -0.370. The number of rotatable bonds is 9. The molecule has 4 N–H and O–H groups in total. The van der Waals surface area contributed by atoms with Crippen molar-refractivity contribution in [3.63, 3.8) is 0 Å². The van der Waals surface area contributed by atoms with Crippen molar-refractivity contribution in [1.82, 2.24) is 4.72 Å². The third-order valence-corrected chi connectivity index (χ3v) is 7.92. The Morgan fingerprint density at radius 1 is 1.34 bits per heavy atom. The molecule has 2 atom stereocenters. The van der Waals surface area contributed by atoms with Gasteiger partial charge in [0.2, 0.25) is 6.23 Å². The Balaban J connectivity index is 1.96. The van der Waals surface area contributed by atoms with Crippen LogP contribution in [0.2, 0.25) is 5.02 Å². The number of sulfonamides is 1. The molecule has 0 saturated heterocycles. The molecule has 0 amide bonds. The summed E-state index contributed by atoms with van der Waals surface area (Å²) in [6.07, 6.45) is -1.75. The number of nitriles is 1. The summed E-state index contributed by atoms with van der Waals surface area (Å²) in [4.78, 5) is 11.1. The molecule has 2 aromatic carbocycles. The molecule has 1 aromatic heterocycles. The SMILES string of the molecule is N#Cc1ccc(C(NS(=O)(=O)c2cc3cc(OCC[NH3+])cc(Cl)c3s2)O[P+](=O)[O-])cc1F. The van der Waals surface area contributed by atoms with Gasteiger partial charge in [0.15, 0.2) is 0 Å². The standard InChI is InChI=1S/C18H14ClFN3O6PS2/c19-14-8-13(28-4-3-21)5-12-7-16(31-17(12)14)32(26,27)23-18(29-30(24)25)10-1-2-11(9-22)15(20)6-10/h1-2,5-8,18,23H,3-4,21H2/p+1. The number of nitrogens with one attached hydrogen (secondary N) is 1. The molecule has 3 rings (SSSR count). The third kappa shape index (κ3) is 5.58. The van der Waals surface area contributed by atoms with Crippen LogP contribution in [0.3, 0.4) is 0 Å². The van der Waals surface area contributed by atoms with Crippen LogP contribution in [0.4, 0.5) is 4.39 Å². The van der Waals surface area contributed by atoms with E-state index in [1.165, 1.54) is 12.1 Å². The Morgan fingerprint density at radius 2 is 2.09 bits per heavy atom. The molecule has 168 valence electrons. The van der Waals surface area contributed by atoms with E-state index in [2.05, 4.69) is 15.0 Å².